The van der Waals surface area contributed by atoms with E-state index in [1.807, 2.05) is 0 Å². The predicted octanol–water partition coefficient (Wildman–Crippen LogP) is 7.00. The minimum absolute atomic E-state index is 0.131. The maximum Gasteiger partial charge on any atom is 0.0785 e. The Morgan fingerprint density at radius 1 is 0.857 bits per heavy atom. The number of ether oxygens (including phenoxy) is 1. The summed E-state index contributed by atoms with van der Waals surface area (Å²) in [6.07, 6.45) is 2.28. The third-order valence-corrected chi connectivity index (χ3v) is 6.07. The lowest BCUT2D eigenvalue weighted by Crippen LogP contribution is -2.33. The van der Waals surface area contributed by atoms with Gasteiger partial charge in [0.1, 0.15) is 0 Å². The van der Waals surface area contributed by atoms with E-state index in [-0.39, 0.29) is 6.04 Å². The average Bonchev–Trinajstić information content (AvgIpc) is 2.71. The zero-order chi connectivity index (χ0) is 19.5. The normalized spacial score (nSPS) is 15.9. The van der Waals surface area contributed by atoms with Crippen molar-refractivity contribution in [3.63, 3.8) is 0 Å². The van der Waals surface area contributed by atoms with Gasteiger partial charge in [-0.05, 0) is 58.7 Å². The van der Waals surface area contributed by atoms with Crippen LogP contribution in [0.2, 0.25) is 0 Å². The third-order valence-electron chi connectivity index (χ3n) is 5.01. The number of fused-ring (bicyclic) bond motifs is 1. The molecule has 3 aromatic carbocycles. The molecule has 1 unspecified atom stereocenters. The van der Waals surface area contributed by atoms with Crippen LogP contribution in [0.4, 0.5) is 5.69 Å². The van der Waals surface area contributed by atoms with Gasteiger partial charge < -0.3 is 9.64 Å². The molecule has 28 heavy (non-hydrogen) atoms. The molecule has 0 saturated carbocycles. The number of nitrogens with zero attached hydrogens (tertiary/aromatic N) is 1. The first-order valence-electron chi connectivity index (χ1n) is 9.20. The highest BCUT2D eigenvalue weighted by molar-refractivity contribution is 9.10. The molecule has 0 aliphatic carbocycles. The Kier molecular flexibility index (Phi) is 6.00. The van der Waals surface area contributed by atoms with Crippen LogP contribution in [0.25, 0.3) is 6.08 Å². The fourth-order valence-corrected chi connectivity index (χ4v) is 4.31. The lowest BCUT2D eigenvalue weighted by molar-refractivity contribution is 0.220. The van der Waals surface area contributed by atoms with Crippen LogP contribution in [0.1, 0.15) is 22.7 Å². The fraction of sp³-hybridized carbons (Fsp3) is 0.167. The van der Waals surface area contributed by atoms with Gasteiger partial charge in [0.2, 0.25) is 0 Å². The van der Waals surface area contributed by atoms with Crippen molar-refractivity contribution in [3.05, 3.63) is 104 Å². The third kappa shape index (κ3) is 4.09. The second kappa shape index (κ2) is 8.64. The minimum atomic E-state index is 0.131. The first kappa shape index (κ1) is 19.4. The molecule has 4 heteroatoms. The standard InChI is InChI=1S/C24H21Br2NO/c1-28-16-20-14-19-4-2-3-5-23(19)27(15-17-6-10-21(25)11-7-17)24(20)18-8-12-22(26)13-9-18/h2-14,24H,15-16H2,1H3. The summed E-state index contributed by atoms with van der Waals surface area (Å²) >= 11 is 7.10. The number of para-hydroxylation sites is 1. The number of anilines is 1. The summed E-state index contributed by atoms with van der Waals surface area (Å²) in [6, 6.07) is 25.9. The maximum atomic E-state index is 5.58. The van der Waals surface area contributed by atoms with Crippen molar-refractivity contribution in [2.75, 3.05) is 18.6 Å². The predicted molar refractivity (Wildman–Crippen MR) is 124 cm³/mol. The molecule has 0 N–H and O–H groups in total. The molecule has 1 atom stereocenters. The molecule has 0 amide bonds. The van der Waals surface area contributed by atoms with E-state index in [2.05, 4.69) is 116 Å². The highest BCUT2D eigenvalue weighted by atomic mass is 79.9. The summed E-state index contributed by atoms with van der Waals surface area (Å²) in [7, 11) is 1.76. The molecule has 0 aromatic heterocycles. The van der Waals surface area contributed by atoms with E-state index in [0.717, 1.165) is 15.5 Å². The van der Waals surface area contributed by atoms with E-state index >= 15 is 0 Å². The van der Waals surface area contributed by atoms with Crippen molar-refractivity contribution in [1.29, 1.82) is 0 Å². The molecule has 2 nitrogen and oxygen atoms in total. The van der Waals surface area contributed by atoms with E-state index in [4.69, 9.17) is 4.74 Å². The lowest BCUT2D eigenvalue weighted by Gasteiger charge is -2.40. The van der Waals surface area contributed by atoms with Crippen molar-refractivity contribution in [3.8, 4) is 0 Å². The van der Waals surface area contributed by atoms with E-state index in [1.165, 1.54) is 28.0 Å². The Labute approximate surface area is 183 Å². The van der Waals surface area contributed by atoms with E-state index in [9.17, 15) is 0 Å². The molecule has 0 bridgehead atoms. The van der Waals surface area contributed by atoms with E-state index in [1.54, 1.807) is 7.11 Å². The van der Waals surface area contributed by atoms with Crippen LogP contribution >= 0.6 is 31.9 Å². The van der Waals surface area contributed by atoms with Crippen molar-refractivity contribution in [2.24, 2.45) is 0 Å². The molecule has 0 spiro atoms. The smallest absolute Gasteiger partial charge is 0.0785 e. The van der Waals surface area contributed by atoms with Crippen LogP contribution in [-0.2, 0) is 11.3 Å². The van der Waals surface area contributed by atoms with Crippen molar-refractivity contribution in [2.45, 2.75) is 12.6 Å². The van der Waals surface area contributed by atoms with Gasteiger partial charge in [-0.25, -0.2) is 0 Å². The summed E-state index contributed by atoms with van der Waals surface area (Å²) in [4.78, 5) is 2.48. The van der Waals surface area contributed by atoms with Crippen LogP contribution < -0.4 is 4.90 Å². The summed E-state index contributed by atoms with van der Waals surface area (Å²) in [5, 5.41) is 0. The number of rotatable bonds is 5. The molecule has 0 fully saturated rings. The molecular formula is C24H21Br2NO. The monoisotopic (exact) mass is 497 g/mol. The van der Waals surface area contributed by atoms with E-state index in [0.29, 0.717) is 6.61 Å². The van der Waals surface area contributed by atoms with Crippen LogP contribution in [0.15, 0.2) is 87.3 Å². The first-order chi connectivity index (χ1) is 13.7. The van der Waals surface area contributed by atoms with Gasteiger partial charge in [0, 0.05) is 28.3 Å². The largest absolute Gasteiger partial charge is 0.380 e. The Morgan fingerprint density at radius 3 is 2.18 bits per heavy atom. The second-order valence-corrected chi connectivity index (χ2v) is 8.75. The van der Waals surface area contributed by atoms with Crippen LogP contribution in [-0.4, -0.2) is 13.7 Å². The van der Waals surface area contributed by atoms with Crippen molar-refractivity contribution >= 4 is 43.6 Å². The molecule has 4 rings (SSSR count). The topological polar surface area (TPSA) is 12.5 Å². The Bertz CT molecular complexity index is 980. The van der Waals surface area contributed by atoms with E-state index < -0.39 is 0 Å². The first-order valence-corrected chi connectivity index (χ1v) is 10.8. The van der Waals surface area contributed by atoms with Gasteiger partial charge in [-0.3, -0.25) is 0 Å². The highest BCUT2D eigenvalue weighted by Gasteiger charge is 2.29. The van der Waals surface area contributed by atoms with Gasteiger partial charge in [-0.15, -0.1) is 0 Å². The van der Waals surface area contributed by atoms with Gasteiger partial charge >= 0.3 is 0 Å². The zero-order valence-corrected chi connectivity index (χ0v) is 18.8. The summed E-state index contributed by atoms with van der Waals surface area (Å²) in [5.41, 5.74) is 6.29. The van der Waals surface area contributed by atoms with Crippen LogP contribution in [0.5, 0.6) is 0 Å². The van der Waals surface area contributed by atoms with Crippen LogP contribution in [0, 0.1) is 0 Å². The van der Waals surface area contributed by atoms with Crippen molar-refractivity contribution in [1.82, 2.24) is 0 Å². The lowest BCUT2D eigenvalue weighted by atomic mass is 9.90. The quantitative estimate of drug-likeness (QED) is 0.375. The molecule has 3 aromatic rings. The SMILES string of the molecule is COCC1=Cc2ccccc2N(Cc2ccc(Br)cc2)C1c1ccc(Br)cc1. The number of benzene rings is 3. The molecule has 0 radical (unpaired) electrons. The maximum absolute atomic E-state index is 5.58. The highest BCUT2D eigenvalue weighted by Crippen LogP contribution is 2.42. The molecule has 1 aliphatic heterocycles. The van der Waals surface area contributed by atoms with Crippen LogP contribution in [0.3, 0.4) is 0 Å². The van der Waals surface area contributed by atoms with Gasteiger partial charge in [0.05, 0.1) is 12.6 Å². The Balaban J connectivity index is 1.82. The van der Waals surface area contributed by atoms with Crippen molar-refractivity contribution < 1.29 is 4.74 Å². The molecular weight excluding hydrogens is 478 g/mol. The molecule has 1 heterocycles. The minimum Gasteiger partial charge on any atom is -0.380 e. The fourth-order valence-electron chi connectivity index (χ4n) is 3.78. The summed E-state index contributed by atoms with van der Waals surface area (Å²) < 4.78 is 7.76. The molecule has 142 valence electrons. The van der Waals surface area contributed by atoms with Gasteiger partial charge in [0.15, 0.2) is 0 Å². The summed E-state index contributed by atoms with van der Waals surface area (Å²) in [6.45, 7) is 1.43. The number of halogens is 2. The summed E-state index contributed by atoms with van der Waals surface area (Å²) in [5.74, 6) is 0. The molecule has 0 saturated heterocycles. The number of hydrogen-bond acceptors (Lipinski definition) is 2. The number of methoxy groups -OCH3 is 1. The Morgan fingerprint density at radius 2 is 1.50 bits per heavy atom. The van der Waals surface area contributed by atoms with Gasteiger partial charge in [0.25, 0.3) is 0 Å². The second-order valence-electron chi connectivity index (χ2n) is 6.92. The molecule has 1 aliphatic rings. The zero-order valence-electron chi connectivity index (χ0n) is 15.6. The average molecular weight is 499 g/mol. The number of hydrogen-bond donors (Lipinski definition) is 0. The van der Waals surface area contributed by atoms with Gasteiger partial charge in [-0.1, -0.05) is 74.3 Å². The van der Waals surface area contributed by atoms with Gasteiger partial charge in [-0.2, -0.15) is 0 Å². The Hall–Kier alpha value is -1.88.